The summed E-state index contributed by atoms with van der Waals surface area (Å²) < 4.78 is 10.7. The van der Waals surface area contributed by atoms with Gasteiger partial charge in [0.2, 0.25) is 0 Å². The first-order valence-electron chi connectivity index (χ1n) is 8.58. The molecule has 0 aliphatic carbocycles. The average Bonchev–Trinajstić information content (AvgIpc) is 2.57. The van der Waals surface area contributed by atoms with Crippen molar-refractivity contribution < 1.29 is 23.9 Å². The van der Waals surface area contributed by atoms with Crippen molar-refractivity contribution in [3.63, 3.8) is 0 Å². The number of fused-ring (bicyclic) bond motifs is 2. The van der Waals surface area contributed by atoms with Crippen molar-refractivity contribution in [2.45, 2.75) is 76.7 Å². The van der Waals surface area contributed by atoms with Gasteiger partial charge in [-0.3, -0.25) is 4.84 Å². The van der Waals surface area contributed by atoms with Crippen LogP contribution in [0.15, 0.2) is 0 Å². The van der Waals surface area contributed by atoms with Crippen molar-refractivity contribution in [1.82, 2.24) is 9.96 Å². The maximum absolute atomic E-state index is 12.5. The van der Waals surface area contributed by atoms with E-state index in [1.807, 2.05) is 41.5 Å². The molecule has 0 aromatic heterocycles. The molecule has 1 amide bonds. The first-order chi connectivity index (χ1) is 10.9. The Morgan fingerprint density at radius 1 is 1.17 bits per heavy atom. The fraction of sp³-hybridized carbons (Fsp3) is 0.882. The topological polar surface area (TPSA) is 68.3 Å². The monoisotopic (exact) mass is 340 g/mol. The standard InChI is InChI=1S/C17H28N2O5/c1-7-22-12(20)17-8-15(5,6)24-19(17)16(9-17)10-18(11-16)13(21)23-14(2,3)4/h7-11H2,1-6H3/t17-/m1/s1. The van der Waals surface area contributed by atoms with Crippen molar-refractivity contribution in [2.24, 2.45) is 0 Å². The van der Waals surface area contributed by atoms with Crippen molar-refractivity contribution in [2.75, 3.05) is 19.7 Å². The second kappa shape index (κ2) is 5.08. The number of ether oxygens (including phenoxy) is 2. The van der Waals surface area contributed by atoms with Crippen LogP contribution in [-0.2, 0) is 19.1 Å². The Morgan fingerprint density at radius 3 is 2.33 bits per heavy atom. The Hall–Kier alpha value is -1.34. The fourth-order valence-electron chi connectivity index (χ4n) is 4.21. The SMILES string of the molecule is CCOC(=O)[C@]12CC(C)(C)ON1C1(CN(C(=O)OC(C)(C)C)C1)C2. The Balaban J connectivity index is 1.69. The van der Waals surface area contributed by atoms with E-state index in [1.54, 1.807) is 9.96 Å². The largest absolute Gasteiger partial charge is 0.465 e. The highest BCUT2D eigenvalue weighted by Gasteiger charge is 2.76. The van der Waals surface area contributed by atoms with Gasteiger partial charge in [0.15, 0.2) is 0 Å². The Bertz CT molecular complexity index is 562. The number of hydroxylamine groups is 2. The number of carbonyl (C=O) groups excluding carboxylic acids is 2. The van der Waals surface area contributed by atoms with Gasteiger partial charge in [0, 0.05) is 25.9 Å². The van der Waals surface area contributed by atoms with Gasteiger partial charge in [0.25, 0.3) is 0 Å². The highest BCUT2D eigenvalue weighted by molar-refractivity contribution is 5.84. The summed E-state index contributed by atoms with van der Waals surface area (Å²) in [5.41, 5.74) is -1.93. The van der Waals surface area contributed by atoms with Gasteiger partial charge in [-0.05, 0) is 41.5 Å². The highest BCUT2D eigenvalue weighted by Crippen LogP contribution is 2.59. The molecule has 3 fully saturated rings. The molecule has 7 nitrogen and oxygen atoms in total. The zero-order chi connectivity index (χ0) is 18.0. The normalized spacial score (nSPS) is 30.3. The second-order valence-electron chi connectivity index (χ2n) is 8.81. The predicted molar refractivity (Wildman–Crippen MR) is 86.1 cm³/mol. The third-order valence-electron chi connectivity index (χ3n) is 4.78. The first-order valence-corrected chi connectivity index (χ1v) is 8.58. The zero-order valence-electron chi connectivity index (χ0n) is 15.5. The minimum atomic E-state index is -0.709. The van der Waals surface area contributed by atoms with Crippen LogP contribution in [0.3, 0.4) is 0 Å². The van der Waals surface area contributed by atoms with Crippen LogP contribution in [-0.4, -0.2) is 64.0 Å². The van der Waals surface area contributed by atoms with E-state index in [0.29, 0.717) is 32.5 Å². The summed E-state index contributed by atoms with van der Waals surface area (Å²) in [7, 11) is 0. The zero-order valence-corrected chi connectivity index (χ0v) is 15.5. The molecule has 1 atom stereocenters. The van der Waals surface area contributed by atoms with E-state index in [0.717, 1.165) is 0 Å². The number of nitrogens with zero attached hydrogens (tertiary/aromatic N) is 2. The quantitative estimate of drug-likeness (QED) is 0.717. The van der Waals surface area contributed by atoms with Gasteiger partial charge in [-0.1, -0.05) is 0 Å². The minimum Gasteiger partial charge on any atom is -0.465 e. The number of hydrogen-bond donors (Lipinski definition) is 0. The number of carbonyl (C=O) groups is 2. The van der Waals surface area contributed by atoms with E-state index in [4.69, 9.17) is 14.3 Å². The molecule has 3 aliphatic rings. The summed E-state index contributed by atoms with van der Waals surface area (Å²) in [6.07, 6.45) is 0.939. The van der Waals surface area contributed by atoms with Crippen LogP contribution in [0.2, 0.25) is 0 Å². The van der Waals surface area contributed by atoms with Crippen molar-refractivity contribution in [3.05, 3.63) is 0 Å². The van der Waals surface area contributed by atoms with Gasteiger partial charge >= 0.3 is 12.1 Å². The van der Waals surface area contributed by atoms with Gasteiger partial charge in [-0.25, -0.2) is 9.59 Å². The van der Waals surface area contributed by atoms with Crippen molar-refractivity contribution in [1.29, 1.82) is 0 Å². The van der Waals surface area contributed by atoms with Crippen LogP contribution in [0.4, 0.5) is 4.79 Å². The number of likely N-dealkylation sites (tertiary alicyclic amines) is 1. The van der Waals surface area contributed by atoms with Crippen LogP contribution >= 0.6 is 0 Å². The highest BCUT2D eigenvalue weighted by atomic mass is 16.7. The lowest BCUT2D eigenvalue weighted by atomic mass is 9.64. The Labute approximate surface area is 143 Å². The van der Waals surface area contributed by atoms with Crippen LogP contribution in [0.1, 0.15) is 54.4 Å². The summed E-state index contributed by atoms with van der Waals surface area (Å²) in [5.74, 6) is -0.225. The lowest BCUT2D eigenvalue weighted by Gasteiger charge is -2.65. The fourth-order valence-corrected chi connectivity index (χ4v) is 4.21. The smallest absolute Gasteiger partial charge is 0.410 e. The number of esters is 1. The molecule has 0 aromatic carbocycles. The molecule has 0 bridgehead atoms. The summed E-state index contributed by atoms with van der Waals surface area (Å²) in [6, 6.07) is 0. The third kappa shape index (κ3) is 2.58. The molecular weight excluding hydrogens is 312 g/mol. The van der Waals surface area contributed by atoms with Gasteiger partial charge in [0.1, 0.15) is 11.1 Å². The van der Waals surface area contributed by atoms with Crippen molar-refractivity contribution >= 4 is 12.1 Å². The Morgan fingerprint density at radius 2 is 1.79 bits per heavy atom. The molecule has 136 valence electrons. The summed E-state index contributed by atoms with van der Waals surface area (Å²) >= 11 is 0. The first kappa shape index (κ1) is 17.5. The molecule has 3 saturated heterocycles. The number of rotatable bonds is 2. The second-order valence-corrected chi connectivity index (χ2v) is 8.81. The summed E-state index contributed by atoms with van der Waals surface area (Å²) in [5, 5.41) is 1.80. The maximum Gasteiger partial charge on any atom is 0.410 e. The molecule has 0 radical (unpaired) electrons. The summed E-state index contributed by atoms with van der Waals surface area (Å²) in [6.45, 7) is 12.7. The lowest BCUT2D eigenvalue weighted by Crippen LogP contribution is -2.84. The molecule has 3 aliphatic heterocycles. The van der Waals surface area contributed by atoms with E-state index >= 15 is 0 Å². The third-order valence-corrected chi connectivity index (χ3v) is 4.78. The molecule has 3 heterocycles. The van der Waals surface area contributed by atoms with Gasteiger partial charge in [0.05, 0.1) is 17.7 Å². The van der Waals surface area contributed by atoms with E-state index < -0.39 is 16.7 Å². The maximum atomic E-state index is 12.5. The van der Waals surface area contributed by atoms with Crippen LogP contribution in [0.5, 0.6) is 0 Å². The molecule has 0 saturated carbocycles. The predicted octanol–water partition coefficient (Wildman–Crippen LogP) is 2.10. The summed E-state index contributed by atoms with van der Waals surface area (Å²) in [4.78, 5) is 32.4. The molecular formula is C17H28N2O5. The Kier molecular flexibility index (Phi) is 3.70. The molecule has 3 rings (SSSR count). The molecule has 0 N–H and O–H groups in total. The molecule has 7 heteroatoms. The molecule has 24 heavy (non-hydrogen) atoms. The van der Waals surface area contributed by atoms with Crippen LogP contribution in [0, 0.1) is 0 Å². The molecule has 1 spiro atoms. The van der Waals surface area contributed by atoms with Gasteiger partial charge < -0.3 is 14.4 Å². The minimum absolute atomic E-state index is 0.225. The number of hydrogen-bond acceptors (Lipinski definition) is 6. The van der Waals surface area contributed by atoms with Gasteiger partial charge in [-0.15, -0.1) is 0 Å². The molecule has 0 aromatic rings. The van der Waals surface area contributed by atoms with E-state index in [2.05, 4.69) is 0 Å². The molecule has 0 unspecified atom stereocenters. The average molecular weight is 340 g/mol. The van der Waals surface area contributed by atoms with Crippen molar-refractivity contribution in [3.8, 4) is 0 Å². The van der Waals surface area contributed by atoms with E-state index in [9.17, 15) is 9.59 Å². The van der Waals surface area contributed by atoms with E-state index in [-0.39, 0.29) is 17.6 Å². The van der Waals surface area contributed by atoms with E-state index in [1.165, 1.54) is 0 Å². The lowest BCUT2D eigenvalue weighted by molar-refractivity contribution is -0.346. The van der Waals surface area contributed by atoms with Crippen LogP contribution in [0.25, 0.3) is 0 Å². The van der Waals surface area contributed by atoms with Gasteiger partial charge in [-0.2, -0.15) is 5.06 Å². The number of amides is 1. The van der Waals surface area contributed by atoms with Crippen LogP contribution < -0.4 is 0 Å².